The summed E-state index contributed by atoms with van der Waals surface area (Å²) in [7, 11) is -1.41. The molecule has 0 fully saturated rings. The molecule has 0 aliphatic carbocycles. The van der Waals surface area contributed by atoms with Gasteiger partial charge in [-0.1, -0.05) is 60.2 Å². The second-order valence-electron chi connectivity index (χ2n) is 3.71. The van der Waals surface area contributed by atoms with Crippen LogP contribution in [0.25, 0.3) is 0 Å². The molecule has 0 heterocycles. The molecule has 0 amide bonds. The summed E-state index contributed by atoms with van der Waals surface area (Å²) in [6, 6.07) is 10.8. The molecule has 0 spiro atoms. The fourth-order valence-corrected chi connectivity index (χ4v) is 3.35. The second-order valence-corrected chi connectivity index (χ2v) is 8.56. The molecule has 13 heavy (non-hydrogen) atoms. The van der Waals surface area contributed by atoms with Crippen molar-refractivity contribution < 1.29 is 4.74 Å². The zero-order valence-electron chi connectivity index (χ0n) is 8.09. The van der Waals surface area contributed by atoms with E-state index < -0.39 is 8.07 Å². The minimum absolute atomic E-state index is 0.295. The molecule has 0 radical (unpaired) electrons. The molecule has 0 aromatic heterocycles. The van der Waals surface area contributed by atoms with Crippen molar-refractivity contribution in [2.45, 2.75) is 13.1 Å². The van der Waals surface area contributed by atoms with Gasteiger partial charge in [0.25, 0.3) is 0 Å². The van der Waals surface area contributed by atoms with Crippen molar-refractivity contribution >= 4 is 24.9 Å². The molecule has 0 saturated heterocycles. The Morgan fingerprint density at radius 2 is 1.85 bits per heavy atom. The lowest BCUT2D eigenvalue weighted by molar-refractivity contribution is 0.225. The molecule has 1 aromatic carbocycles. The maximum Gasteiger partial charge on any atom is 0.120 e. The summed E-state index contributed by atoms with van der Waals surface area (Å²) in [5.74, 6) is 0. The van der Waals surface area contributed by atoms with E-state index in [4.69, 9.17) is 16.3 Å². The summed E-state index contributed by atoms with van der Waals surface area (Å²) in [5.41, 5.74) is 0. The SMILES string of the molecule is C[Si](C)(COCCl)c1ccccc1. The highest BCUT2D eigenvalue weighted by Crippen LogP contribution is 2.03. The van der Waals surface area contributed by atoms with Gasteiger partial charge in [0.05, 0.1) is 0 Å². The van der Waals surface area contributed by atoms with E-state index in [0.717, 1.165) is 6.23 Å². The highest BCUT2D eigenvalue weighted by molar-refractivity contribution is 6.89. The van der Waals surface area contributed by atoms with E-state index in [-0.39, 0.29) is 0 Å². The van der Waals surface area contributed by atoms with E-state index in [2.05, 4.69) is 37.4 Å². The Labute approximate surface area is 85.7 Å². The topological polar surface area (TPSA) is 9.23 Å². The molecule has 0 aliphatic heterocycles. The van der Waals surface area contributed by atoms with Crippen molar-refractivity contribution in [1.29, 1.82) is 0 Å². The average molecular weight is 215 g/mol. The molecule has 1 aromatic rings. The van der Waals surface area contributed by atoms with Crippen LogP contribution in [0.2, 0.25) is 13.1 Å². The second kappa shape index (κ2) is 4.79. The molecule has 0 bridgehead atoms. The first-order valence-corrected chi connectivity index (χ1v) is 8.10. The summed E-state index contributed by atoms with van der Waals surface area (Å²) >= 11 is 5.50. The summed E-state index contributed by atoms with van der Waals surface area (Å²) in [4.78, 5) is 0. The monoisotopic (exact) mass is 214 g/mol. The van der Waals surface area contributed by atoms with Crippen molar-refractivity contribution in [2.75, 3.05) is 12.3 Å². The lowest BCUT2D eigenvalue weighted by Gasteiger charge is -2.21. The molecule has 1 nitrogen and oxygen atoms in total. The minimum Gasteiger partial charge on any atom is -0.369 e. The van der Waals surface area contributed by atoms with Crippen molar-refractivity contribution in [3.63, 3.8) is 0 Å². The van der Waals surface area contributed by atoms with Crippen molar-refractivity contribution in [3.8, 4) is 0 Å². The van der Waals surface area contributed by atoms with Crippen LogP contribution in [0.4, 0.5) is 0 Å². The number of hydrogen-bond donors (Lipinski definition) is 0. The first-order chi connectivity index (χ1) is 6.17. The van der Waals surface area contributed by atoms with Crippen LogP contribution in [0, 0.1) is 0 Å². The number of halogens is 1. The van der Waals surface area contributed by atoms with Gasteiger partial charge in [0.15, 0.2) is 0 Å². The Morgan fingerprint density at radius 3 is 2.38 bits per heavy atom. The zero-order chi connectivity index (χ0) is 9.73. The predicted molar refractivity (Wildman–Crippen MR) is 60.2 cm³/mol. The third-order valence-electron chi connectivity index (χ3n) is 2.10. The molecular formula is C10H15ClOSi. The van der Waals surface area contributed by atoms with E-state index in [1.807, 2.05) is 6.07 Å². The Balaban J connectivity index is 2.69. The van der Waals surface area contributed by atoms with Gasteiger partial charge in [0.1, 0.15) is 14.1 Å². The van der Waals surface area contributed by atoms with Gasteiger partial charge >= 0.3 is 0 Å². The van der Waals surface area contributed by atoms with Gasteiger partial charge in [-0.05, 0) is 0 Å². The Bertz CT molecular complexity index is 248. The minimum atomic E-state index is -1.41. The first-order valence-electron chi connectivity index (χ1n) is 4.36. The molecule has 0 atom stereocenters. The Morgan fingerprint density at radius 1 is 1.23 bits per heavy atom. The summed E-state index contributed by atoms with van der Waals surface area (Å²) in [5, 5.41) is 1.42. The van der Waals surface area contributed by atoms with Gasteiger partial charge in [-0.3, -0.25) is 0 Å². The normalized spacial score (nSPS) is 11.6. The predicted octanol–water partition coefficient (Wildman–Crippen LogP) is 2.35. The van der Waals surface area contributed by atoms with Gasteiger partial charge in [-0.2, -0.15) is 0 Å². The van der Waals surface area contributed by atoms with Gasteiger partial charge in [-0.15, -0.1) is 0 Å². The van der Waals surface area contributed by atoms with Crippen LogP contribution in [-0.4, -0.2) is 20.4 Å². The van der Waals surface area contributed by atoms with Gasteiger partial charge in [0, 0.05) is 6.23 Å². The van der Waals surface area contributed by atoms with E-state index in [1.54, 1.807) is 0 Å². The highest BCUT2D eigenvalue weighted by Gasteiger charge is 2.22. The van der Waals surface area contributed by atoms with Gasteiger partial charge in [-0.25, -0.2) is 0 Å². The average Bonchev–Trinajstić information content (AvgIpc) is 2.16. The fraction of sp³-hybridized carbons (Fsp3) is 0.400. The highest BCUT2D eigenvalue weighted by atomic mass is 35.5. The molecule has 0 N–H and O–H groups in total. The van der Waals surface area contributed by atoms with Crippen LogP contribution in [0.1, 0.15) is 0 Å². The van der Waals surface area contributed by atoms with Crippen molar-refractivity contribution in [2.24, 2.45) is 0 Å². The van der Waals surface area contributed by atoms with E-state index in [0.29, 0.717) is 6.07 Å². The lowest BCUT2D eigenvalue weighted by atomic mass is 10.4. The molecule has 1 rings (SSSR count). The van der Waals surface area contributed by atoms with Crippen LogP contribution < -0.4 is 5.19 Å². The number of ether oxygens (including phenoxy) is 1. The standard InChI is InChI=1S/C10H15ClOSi/c1-13(2,9-12-8-11)10-6-4-3-5-7-10/h3-7H,8-9H2,1-2H3. The van der Waals surface area contributed by atoms with E-state index in [1.165, 1.54) is 5.19 Å². The third-order valence-corrected chi connectivity index (χ3v) is 5.07. The number of rotatable bonds is 4. The quantitative estimate of drug-likeness (QED) is 0.553. The Kier molecular flexibility index (Phi) is 3.97. The van der Waals surface area contributed by atoms with Gasteiger partial charge in [0.2, 0.25) is 0 Å². The molecular weight excluding hydrogens is 200 g/mol. The van der Waals surface area contributed by atoms with Crippen LogP contribution in [0.5, 0.6) is 0 Å². The van der Waals surface area contributed by atoms with Crippen LogP contribution in [0.15, 0.2) is 30.3 Å². The van der Waals surface area contributed by atoms with Crippen LogP contribution in [0.3, 0.4) is 0 Å². The van der Waals surface area contributed by atoms with Gasteiger partial charge < -0.3 is 4.74 Å². The summed E-state index contributed by atoms with van der Waals surface area (Å²) in [6.07, 6.45) is 0.792. The third kappa shape index (κ3) is 3.14. The lowest BCUT2D eigenvalue weighted by Crippen LogP contribution is -2.46. The van der Waals surface area contributed by atoms with Crippen molar-refractivity contribution in [1.82, 2.24) is 0 Å². The zero-order valence-corrected chi connectivity index (χ0v) is 9.84. The van der Waals surface area contributed by atoms with E-state index in [9.17, 15) is 0 Å². The van der Waals surface area contributed by atoms with Crippen LogP contribution >= 0.6 is 11.6 Å². The fourth-order valence-electron chi connectivity index (χ4n) is 1.27. The maximum absolute atomic E-state index is 5.50. The smallest absolute Gasteiger partial charge is 0.120 e. The molecule has 72 valence electrons. The van der Waals surface area contributed by atoms with Crippen LogP contribution in [-0.2, 0) is 4.74 Å². The summed E-state index contributed by atoms with van der Waals surface area (Å²) < 4.78 is 5.28. The largest absolute Gasteiger partial charge is 0.369 e. The molecule has 3 heteroatoms. The Hall–Kier alpha value is -0.313. The van der Waals surface area contributed by atoms with E-state index >= 15 is 0 Å². The first kappa shape index (κ1) is 10.8. The maximum atomic E-state index is 5.50. The molecule has 0 unspecified atom stereocenters. The molecule has 0 saturated carbocycles. The number of hydrogen-bond acceptors (Lipinski definition) is 1. The summed E-state index contributed by atoms with van der Waals surface area (Å²) in [6.45, 7) is 4.57. The number of benzene rings is 1. The molecule has 0 aliphatic rings. The van der Waals surface area contributed by atoms with Crippen molar-refractivity contribution in [3.05, 3.63) is 30.3 Å². The number of alkyl halides is 1.